The van der Waals surface area contributed by atoms with Gasteiger partial charge in [0.05, 0.1) is 26.9 Å². The molecule has 0 aromatic heterocycles. The first-order valence-electron chi connectivity index (χ1n) is 8.92. The third-order valence-corrected chi connectivity index (χ3v) is 4.98. The Balaban J connectivity index is 1.46. The zero-order valence-corrected chi connectivity index (χ0v) is 14.8. The fraction of sp³-hybridized carbons (Fsp3) is 0.579. The van der Waals surface area contributed by atoms with Crippen LogP contribution in [-0.2, 0) is 9.47 Å². The van der Waals surface area contributed by atoms with Crippen molar-refractivity contribution < 1.29 is 18.9 Å². The van der Waals surface area contributed by atoms with Crippen molar-refractivity contribution in [3.05, 3.63) is 29.3 Å². The van der Waals surface area contributed by atoms with Crippen molar-refractivity contribution in [3.63, 3.8) is 0 Å². The van der Waals surface area contributed by atoms with Gasteiger partial charge in [-0.15, -0.1) is 0 Å². The Morgan fingerprint density at radius 3 is 3.20 bits per heavy atom. The molecule has 0 saturated carbocycles. The smallest absolute Gasteiger partial charge is 0.168 e. The third kappa shape index (κ3) is 3.67. The van der Waals surface area contributed by atoms with Gasteiger partial charge in [-0.05, 0) is 17.7 Å². The van der Waals surface area contributed by atoms with Gasteiger partial charge in [-0.1, -0.05) is 12.1 Å². The van der Waals surface area contributed by atoms with Crippen LogP contribution in [0.2, 0.25) is 0 Å². The standard InChI is InChI=1S/C19H26N2O4/c1-22-17-4-2-3-16-9-15(11-24-18(16)17)10-21-6-8-25-19(13-21)12-20-5-7-23-14-19/h2-4,9,20H,5-8,10-14H2,1H3/t19-/m0/s1. The van der Waals surface area contributed by atoms with Gasteiger partial charge in [-0.3, -0.25) is 4.90 Å². The highest BCUT2D eigenvalue weighted by molar-refractivity contribution is 5.66. The van der Waals surface area contributed by atoms with E-state index in [4.69, 9.17) is 18.9 Å². The summed E-state index contributed by atoms with van der Waals surface area (Å²) in [5.41, 5.74) is 2.13. The number of methoxy groups -OCH3 is 1. The number of benzene rings is 1. The maximum atomic E-state index is 6.10. The summed E-state index contributed by atoms with van der Waals surface area (Å²) in [5, 5.41) is 3.43. The molecule has 3 aliphatic heterocycles. The van der Waals surface area contributed by atoms with E-state index in [1.165, 1.54) is 5.57 Å². The van der Waals surface area contributed by atoms with E-state index in [0.717, 1.165) is 63.0 Å². The molecule has 0 bridgehead atoms. The van der Waals surface area contributed by atoms with E-state index in [1.54, 1.807) is 7.11 Å². The van der Waals surface area contributed by atoms with Crippen LogP contribution in [0.1, 0.15) is 5.56 Å². The fourth-order valence-electron chi connectivity index (χ4n) is 3.79. The summed E-state index contributed by atoms with van der Waals surface area (Å²) in [6.07, 6.45) is 2.23. The van der Waals surface area contributed by atoms with E-state index in [0.29, 0.717) is 13.2 Å². The average Bonchev–Trinajstić information content (AvgIpc) is 2.86. The molecule has 3 heterocycles. The number of hydrogen-bond acceptors (Lipinski definition) is 6. The molecule has 6 nitrogen and oxygen atoms in total. The van der Waals surface area contributed by atoms with E-state index in [2.05, 4.69) is 22.4 Å². The molecule has 1 aromatic rings. The second kappa shape index (κ2) is 7.33. The topological polar surface area (TPSA) is 52.2 Å². The predicted octanol–water partition coefficient (Wildman–Crippen LogP) is 1.16. The molecule has 0 aliphatic carbocycles. The lowest BCUT2D eigenvalue weighted by Crippen LogP contribution is -2.58. The van der Waals surface area contributed by atoms with E-state index in [9.17, 15) is 0 Å². The van der Waals surface area contributed by atoms with Gasteiger partial charge < -0.3 is 24.3 Å². The van der Waals surface area contributed by atoms with Gasteiger partial charge in [0.25, 0.3) is 0 Å². The first kappa shape index (κ1) is 16.8. The fourth-order valence-corrected chi connectivity index (χ4v) is 3.79. The maximum absolute atomic E-state index is 6.10. The molecule has 0 amide bonds. The maximum Gasteiger partial charge on any atom is 0.168 e. The molecule has 25 heavy (non-hydrogen) atoms. The van der Waals surface area contributed by atoms with Crippen molar-refractivity contribution in [2.45, 2.75) is 5.60 Å². The Labute approximate surface area is 148 Å². The second-order valence-corrected chi connectivity index (χ2v) is 6.94. The summed E-state index contributed by atoms with van der Waals surface area (Å²) in [6.45, 7) is 7.20. The molecular weight excluding hydrogens is 320 g/mol. The Morgan fingerprint density at radius 2 is 2.28 bits per heavy atom. The highest BCUT2D eigenvalue weighted by atomic mass is 16.5. The lowest BCUT2D eigenvalue weighted by Gasteiger charge is -2.42. The highest BCUT2D eigenvalue weighted by Crippen LogP contribution is 2.35. The molecular formula is C19H26N2O4. The van der Waals surface area contributed by atoms with Gasteiger partial charge in [0.2, 0.25) is 0 Å². The number of nitrogens with one attached hydrogen (secondary N) is 1. The van der Waals surface area contributed by atoms with Crippen LogP contribution in [0.4, 0.5) is 0 Å². The van der Waals surface area contributed by atoms with Crippen molar-refractivity contribution in [2.75, 3.05) is 66.3 Å². The molecule has 1 atom stereocenters. The van der Waals surface area contributed by atoms with E-state index >= 15 is 0 Å². The molecule has 2 fully saturated rings. The Hall–Kier alpha value is -1.60. The van der Waals surface area contributed by atoms with Gasteiger partial charge in [0.15, 0.2) is 11.5 Å². The molecule has 2 saturated heterocycles. The summed E-state index contributed by atoms with van der Waals surface area (Å²) in [4.78, 5) is 2.44. The molecule has 1 N–H and O–H groups in total. The van der Waals surface area contributed by atoms with Crippen molar-refractivity contribution in [2.24, 2.45) is 0 Å². The first-order valence-corrected chi connectivity index (χ1v) is 8.92. The summed E-state index contributed by atoms with van der Waals surface area (Å²) in [5.74, 6) is 1.63. The van der Waals surface area contributed by atoms with Crippen LogP contribution < -0.4 is 14.8 Å². The van der Waals surface area contributed by atoms with Crippen molar-refractivity contribution in [1.82, 2.24) is 10.2 Å². The monoisotopic (exact) mass is 346 g/mol. The number of morpholine rings is 1. The zero-order valence-electron chi connectivity index (χ0n) is 14.8. The summed E-state index contributed by atoms with van der Waals surface area (Å²) in [6, 6.07) is 6.00. The molecule has 3 aliphatic rings. The molecule has 0 unspecified atom stereocenters. The second-order valence-electron chi connectivity index (χ2n) is 6.94. The summed E-state index contributed by atoms with van der Waals surface area (Å²) >= 11 is 0. The average molecular weight is 346 g/mol. The molecule has 6 heteroatoms. The van der Waals surface area contributed by atoms with E-state index in [-0.39, 0.29) is 5.60 Å². The lowest BCUT2D eigenvalue weighted by atomic mass is 10.0. The zero-order chi connectivity index (χ0) is 17.1. The Kier molecular flexibility index (Phi) is 4.94. The third-order valence-electron chi connectivity index (χ3n) is 4.98. The predicted molar refractivity (Wildman–Crippen MR) is 95.3 cm³/mol. The summed E-state index contributed by atoms with van der Waals surface area (Å²) in [7, 11) is 1.67. The van der Waals surface area contributed by atoms with Crippen LogP contribution in [0, 0.1) is 0 Å². The number of nitrogens with zero attached hydrogens (tertiary/aromatic N) is 1. The Bertz CT molecular complexity index is 638. The van der Waals surface area contributed by atoms with Gasteiger partial charge in [-0.2, -0.15) is 0 Å². The van der Waals surface area contributed by atoms with Crippen LogP contribution >= 0.6 is 0 Å². The number of rotatable bonds is 3. The van der Waals surface area contributed by atoms with Crippen molar-refractivity contribution in [3.8, 4) is 11.5 Å². The lowest BCUT2D eigenvalue weighted by molar-refractivity contribution is -0.132. The van der Waals surface area contributed by atoms with Gasteiger partial charge in [-0.25, -0.2) is 0 Å². The SMILES string of the molecule is COc1cccc2c1OCC(CN1CCO[C@@]3(CNCCOC3)C1)=C2. The molecule has 0 radical (unpaired) electrons. The molecule has 4 rings (SSSR count). The van der Waals surface area contributed by atoms with Gasteiger partial charge in [0.1, 0.15) is 12.2 Å². The molecule has 136 valence electrons. The number of para-hydroxylation sites is 1. The number of ether oxygens (including phenoxy) is 4. The van der Waals surface area contributed by atoms with Crippen LogP contribution in [0.5, 0.6) is 11.5 Å². The van der Waals surface area contributed by atoms with E-state index < -0.39 is 0 Å². The minimum absolute atomic E-state index is 0.230. The van der Waals surface area contributed by atoms with Crippen LogP contribution in [0.15, 0.2) is 23.8 Å². The number of fused-ring (bicyclic) bond motifs is 1. The van der Waals surface area contributed by atoms with Gasteiger partial charge in [0, 0.05) is 38.3 Å². The minimum Gasteiger partial charge on any atom is -0.493 e. The molecule has 1 spiro atoms. The highest BCUT2D eigenvalue weighted by Gasteiger charge is 2.38. The van der Waals surface area contributed by atoms with Crippen LogP contribution in [0.25, 0.3) is 6.08 Å². The van der Waals surface area contributed by atoms with Crippen LogP contribution in [0.3, 0.4) is 0 Å². The van der Waals surface area contributed by atoms with Gasteiger partial charge >= 0.3 is 0 Å². The quantitative estimate of drug-likeness (QED) is 0.887. The minimum atomic E-state index is -0.230. The normalized spacial score (nSPS) is 27.2. The Morgan fingerprint density at radius 1 is 1.32 bits per heavy atom. The molecule has 1 aromatic carbocycles. The largest absolute Gasteiger partial charge is 0.493 e. The van der Waals surface area contributed by atoms with Crippen molar-refractivity contribution >= 4 is 6.08 Å². The first-order chi connectivity index (χ1) is 12.3. The van der Waals surface area contributed by atoms with Crippen molar-refractivity contribution in [1.29, 1.82) is 0 Å². The number of hydrogen-bond donors (Lipinski definition) is 1. The van der Waals surface area contributed by atoms with Crippen LogP contribution in [-0.4, -0.2) is 76.8 Å². The van der Waals surface area contributed by atoms with E-state index in [1.807, 2.05) is 12.1 Å². The summed E-state index contributed by atoms with van der Waals surface area (Å²) < 4.78 is 23.2.